The van der Waals surface area contributed by atoms with Gasteiger partial charge in [-0.3, -0.25) is 4.79 Å². The highest BCUT2D eigenvalue weighted by atomic mass is 35.5. The largest absolute Gasteiger partial charge is 0.480 e. The lowest BCUT2D eigenvalue weighted by atomic mass is 10.3. The van der Waals surface area contributed by atoms with Crippen molar-refractivity contribution in [2.24, 2.45) is 0 Å². The molecule has 1 N–H and O–H groups in total. The van der Waals surface area contributed by atoms with Crippen molar-refractivity contribution in [1.82, 2.24) is 4.31 Å². The van der Waals surface area contributed by atoms with Crippen LogP contribution in [0.1, 0.15) is 0 Å². The van der Waals surface area contributed by atoms with E-state index in [1.165, 1.54) is 12.1 Å². The first-order valence-electron chi connectivity index (χ1n) is 4.90. The molecule has 0 amide bonds. The molecule has 0 atom stereocenters. The van der Waals surface area contributed by atoms with Crippen LogP contribution in [-0.2, 0) is 14.8 Å². The van der Waals surface area contributed by atoms with E-state index in [-0.39, 0.29) is 5.02 Å². The fourth-order valence-electron chi connectivity index (χ4n) is 1.30. The summed E-state index contributed by atoms with van der Waals surface area (Å²) in [5, 5.41) is 8.27. The van der Waals surface area contributed by atoms with Crippen LogP contribution in [0.15, 0.2) is 23.1 Å². The van der Waals surface area contributed by atoms with Gasteiger partial charge in [0.1, 0.15) is 11.4 Å². The third-order valence-electron chi connectivity index (χ3n) is 2.11. The topological polar surface area (TPSA) is 74.7 Å². The highest BCUT2D eigenvalue weighted by Crippen LogP contribution is 2.24. The molecule has 0 saturated heterocycles. The Labute approximate surface area is 114 Å². The summed E-state index contributed by atoms with van der Waals surface area (Å²) >= 11 is 5.49. The van der Waals surface area contributed by atoms with Crippen molar-refractivity contribution >= 4 is 27.6 Å². The van der Waals surface area contributed by atoms with Crippen LogP contribution in [-0.4, -0.2) is 36.9 Å². The van der Waals surface area contributed by atoms with E-state index in [1.54, 1.807) is 0 Å². The van der Waals surface area contributed by atoms with E-state index in [0.717, 1.165) is 6.07 Å². The molecule has 0 spiro atoms. The van der Waals surface area contributed by atoms with Crippen molar-refractivity contribution in [2.45, 2.75) is 4.90 Å². The Morgan fingerprint density at radius 1 is 1.53 bits per heavy atom. The van der Waals surface area contributed by atoms with Crippen molar-refractivity contribution < 1.29 is 22.7 Å². The van der Waals surface area contributed by atoms with Crippen molar-refractivity contribution in [1.29, 1.82) is 0 Å². The van der Waals surface area contributed by atoms with Gasteiger partial charge in [-0.2, -0.15) is 4.31 Å². The van der Waals surface area contributed by atoms with Gasteiger partial charge in [0, 0.05) is 0 Å². The molecule has 0 aliphatic carbocycles. The number of hydrogen-bond donors (Lipinski definition) is 1. The van der Waals surface area contributed by atoms with Crippen LogP contribution >= 0.6 is 11.6 Å². The number of benzene rings is 1. The van der Waals surface area contributed by atoms with E-state index in [9.17, 15) is 17.6 Å². The van der Waals surface area contributed by atoms with Gasteiger partial charge in [-0.25, -0.2) is 12.8 Å². The lowest BCUT2D eigenvalue weighted by Crippen LogP contribution is -2.36. The molecule has 0 unspecified atom stereocenters. The summed E-state index contributed by atoms with van der Waals surface area (Å²) in [5.41, 5.74) is 0. The number of carbonyl (C=O) groups is 1. The number of nitrogens with zero attached hydrogens (tertiary/aromatic N) is 1. The van der Waals surface area contributed by atoms with Crippen LogP contribution in [0.5, 0.6) is 0 Å². The first-order valence-corrected chi connectivity index (χ1v) is 6.72. The van der Waals surface area contributed by atoms with Crippen molar-refractivity contribution in [3.8, 4) is 12.3 Å². The van der Waals surface area contributed by atoms with E-state index in [4.69, 9.17) is 23.1 Å². The molecule has 0 aliphatic heterocycles. The van der Waals surface area contributed by atoms with Gasteiger partial charge in [-0.05, 0) is 12.1 Å². The zero-order chi connectivity index (χ0) is 14.6. The zero-order valence-corrected chi connectivity index (χ0v) is 11.1. The van der Waals surface area contributed by atoms with Crippen LogP contribution in [0.25, 0.3) is 0 Å². The minimum Gasteiger partial charge on any atom is -0.480 e. The molecule has 0 saturated carbocycles. The molecule has 0 fully saturated rings. The first-order chi connectivity index (χ1) is 8.80. The van der Waals surface area contributed by atoms with Gasteiger partial charge in [0.25, 0.3) is 0 Å². The molecule has 0 radical (unpaired) electrons. The van der Waals surface area contributed by atoms with Gasteiger partial charge < -0.3 is 5.11 Å². The number of hydrogen-bond acceptors (Lipinski definition) is 3. The van der Waals surface area contributed by atoms with Crippen molar-refractivity contribution in [3.63, 3.8) is 0 Å². The standard InChI is InChI=1S/C11H9ClFNO4S/c1-2-6-14(7-10(15)16)19(17,18)9-5-3-4-8(12)11(9)13/h1,3-5H,6-7H2,(H,15,16). The van der Waals surface area contributed by atoms with Gasteiger partial charge in [0.15, 0.2) is 5.82 Å². The van der Waals surface area contributed by atoms with Crippen LogP contribution < -0.4 is 0 Å². The smallest absolute Gasteiger partial charge is 0.318 e. The maximum atomic E-state index is 13.7. The fourth-order valence-corrected chi connectivity index (χ4v) is 2.92. The normalized spacial score (nSPS) is 11.3. The van der Waals surface area contributed by atoms with Crippen LogP contribution in [0.2, 0.25) is 5.02 Å². The van der Waals surface area contributed by atoms with Gasteiger partial charge in [0.2, 0.25) is 10.0 Å². The molecule has 19 heavy (non-hydrogen) atoms. The Bertz CT molecular complexity index is 639. The number of rotatable bonds is 5. The molecular formula is C11H9ClFNO4S. The number of sulfonamides is 1. The molecule has 8 heteroatoms. The Kier molecular flexibility index (Phi) is 4.89. The maximum absolute atomic E-state index is 13.7. The molecule has 5 nitrogen and oxygen atoms in total. The van der Waals surface area contributed by atoms with Crippen LogP contribution in [0.3, 0.4) is 0 Å². The number of aliphatic carboxylic acids is 1. The lowest BCUT2D eigenvalue weighted by Gasteiger charge is -2.18. The van der Waals surface area contributed by atoms with Crippen LogP contribution in [0.4, 0.5) is 4.39 Å². The first kappa shape index (κ1) is 15.4. The molecule has 1 rings (SSSR count). The van der Waals surface area contributed by atoms with Crippen molar-refractivity contribution in [3.05, 3.63) is 29.0 Å². The monoisotopic (exact) mass is 305 g/mol. The SMILES string of the molecule is C#CCN(CC(=O)O)S(=O)(=O)c1cccc(Cl)c1F. The number of carboxylic acid groups (broad SMARTS) is 1. The fraction of sp³-hybridized carbons (Fsp3) is 0.182. The van der Waals surface area contributed by atoms with E-state index in [1.807, 2.05) is 5.92 Å². The van der Waals surface area contributed by atoms with Gasteiger partial charge in [-0.1, -0.05) is 23.6 Å². The average molecular weight is 306 g/mol. The Balaban J connectivity index is 3.31. The van der Waals surface area contributed by atoms with Crippen molar-refractivity contribution in [2.75, 3.05) is 13.1 Å². The summed E-state index contributed by atoms with van der Waals surface area (Å²) in [4.78, 5) is 9.91. The number of terminal acetylenes is 1. The number of halogens is 2. The Hall–Kier alpha value is -1.62. The molecule has 0 aromatic heterocycles. The summed E-state index contributed by atoms with van der Waals surface area (Å²) < 4.78 is 38.4. The second kappa shape index (κ2) is 6.02. The summed E-state index contributed by atoms with van der Waals surface area (Å²) in [6.45, 7) is -1.35. The van der Waals surface area contributed by atoms with E-state index >= 15 is 0 Å². The minimum absolute atomic E-state index is 0.378. The molecule has 0 heterocycles. The summed E-state index contributed by atoms with van der Waals surface area (Å²) in [7, 11) is -4.36. The average Bonchev–Trinajstić information content (AvgIpc) is 2.31. The maximum Gasteiger partial charge on any atom is 0.318 e. The van der Waals surface area contributed by atoms with Gasteiger partial charge >= 0.3 is 5.97 Å². The Morgan fingerprint density at radius 2 is 2.16 bits per heavy atom. The molecular weight excluding hydrogens is 297 g/mol. The predicted molar refractivity (Wildman–Crippen MR) is 66.6 cm³/mol. The van der Waals surface area contributed by atoms with E-state index < -0.39 is 39.8 Å². The third-order valence-corrected chi connectivity index (χ3v) is 4.21. The van der Waals surface area contributed by atoms with Gasteiger partial charge in [-0.15, -0.1) is 6.42 Å². The van der Waals surface area contributed by atoms with E-state index in [0.29, 0.717) is 4.31 Å². The van der Waals surface area contributed by atoms with Crippen LogP contribution in [0, 0.1) is 18.2 Å². The highest BCUT2D eigenvalue weighted by Gasteiger charge is 2.29. The second-order valence-corrected chi connectivity index (χ2v) is 5.74. The predicted octanol–water partition coefficient (Wildman–Crippen LogP) is 1.19. The third kappa shape index (κ3) is 3.44. The molecule has 1 aromatic carbocycles. The lowest BCUT2D eigenvalue weighted by molar-refractivity contribution is -0.137. The zero-order valence-electron chi connectivity index (χ0n) is 9.51. The minimum atomic E-state index is -4.36. The molecule has 1 aromatic rings. The molecule has 102 valence electrons. The summed E-state index contributed by atoms with van der Waals surface area (Å²) in [6.07, 6.45) is 4.98. The highest BCUT2D eigenvalue weighted by molar-refractivity contribution is 7.89. The van der Waals surface area contributed by atoms with Gasteiger partial charge in [0.05, 0.1) is 11.6 Å². The molecule has 0 aliphatic rings. The summed E-state index contributed by atoms with van der Waals surface area (Å²) in [6, 6.07) is 3.41. The summed E-state index contributed by atoms with van der Waals surface area (Å²) in [5.74, 6) is -0.533. The quantitative estimate of drug-likeness (QED) is 0.829. The number of carboxylic acids is 1. The molecule has 0 bridgehead atoms. The Morgan fingerprint density at radius 3 is 2.68 bits per heavy atom. The second-order valence-electron chi connectivity index (χ2n) is 3.42. The van der Waals surface area contributed by atoms with E-state index in [2.05, 4.69) is 0 Å².